The van der Waals surface area contributed by atoms with Crippen LogP contribution in [0.4, 0.5) is 5.69 Å². The molecule has 7 nitrogen and oxygen atoms in total. The van der Waals surface area contributed by atoms with Crippen molar-refractivity contribution in [2.75, 3.05) is 24.2 Å². The number of thioether (sulfide) groups is 1. The smallest absolute Gasteiger partial charge is 0.271 e. The number of rotatable bonds is 10. The first-order valence-electron chi connectivity index (χ1n) is 8.99. The lowest BCUT2D eigenvalue weighted by atomic mass is 10.3. The van der Waals surface area contributed by atoms with Crippen molar-refractivity contribution in [2.45, 2.75) is 31.8 Å². The SMILES string of the molecule is CCCSc1ncc(Cl)c(C(=O)NCCC(=O)Nc2ccc(OCC)cc2)n1. The minimum atomic E-state index is -0.431. The van der Waals surface area contributed by atoms with Gasteiger partial charge >= 0.3 is 0 Å². The predicted molar refractivity (Wildman–Crippen MR) is 111 cm³/mol. The van der Waals surface area contributed by atoms with Crippen molar-refractivity contribution in [2.24, 2.45) is 0 Å². The van der Waals surface area contributed by atoms with Gasteiger partial charge in [0, 0.05) is 24.4 Å². The van der Waals surface area contributed by atoms with Crippen LogP contribution in [0.5, 0.6) is 5.75 Å². The number of halogens is 1. The van der Waals surface area contributed by atoms with Gasteiger partial charge in [0.15, 0.2) is 10.9 Å². The molecule has 0 saturated heterocycles. The van der Waals surface area contributed by atoms with Crippen LogP contribution >= 0.6 is 23.4 Å². The number of amides is 2. The van der Waals surface area contributed by atoms with Crippen molar-refractivity contribution in [3.05, 3.63) is 41.2 Å². The molecular formula is C19H23ClN4O3S. The van der Waals surface area contributed by atoms with Crippen LogP contribution in [0.3, 0.4) is 0 Å². The van der Waals surface area contributed by atoms with Gasteiger partial charge in [0.2, 0.25) is 5.91 Å². The second kappa shape index (κ2) is 11.5. The number of benzene rings is 1. The van der Waals surface area contributed by atoms with Crippen molar-refractivity contribution in [3.63, 3.8) is 0 Å². The van der Waals surface area contributed by atoms with E-state index in [1.165, 1.54) is 18.0 Å². The number of ether oxygens (including phenoxy) is 1. The van der Waals surface area contributed by atoms with Gasteiger partial charge in [0.25, 0.3) is 5.91 Å². The molecule has 0 radical (unpaired) electrons. The van der Waals surface area contributed by atoms with Crippen molar-refractivity contribution < 1.29 is 14.3 Å². The molecule has 28 heavy (non-hydrogen) atoms. The molecule has 9 heteroatoms. The largest absolute Gasteiger partial charge is 0.494 e. The number of hydrogen-bond acceptors (Lipinski definition) is 6. The highest BCUT2D eigenvalue weighted by molar-refractivity contribution is 7.99. The Kier molecular flexibility index (Phi) is 9.03. The molecule has 0 bridgehead atoms. The molecule has 1 aromatic carbocycles. The molecule has 0 aliphatic rings. The number of aromatic nitrogens is 2. The molecule has 0 unspecified atom stereocenters. The Bertz CT molecular complexity index is 802. The second-order valence-corrected chi connectivity index (χ2v) is 7.18. The van der Waals surface area contributed by atoms with Crippen LogP contribution in [0, 0.1) is 0 Å². The summed E-state index contributed by atoms with van der Waals surface area (Å²) in [5, 5.41) is 6.11. The van der Waals surface area contributed by atoms with E-state index in [0.717, 1.165) is 17.9 Å². The number of nitrogens with zero attached hydrogens (tertiary/aromatic N) is 2. The molecule has 0 aliphatic heterocycles. The zero-order valence-corrected chi connectivity index (χ0v) is 17.4. The minimum Gasteiger partial charge on any atom is -0.494 e. The van der Waals surface area contributed by atoms with Gasteiger partial charge in [-0.1, -0.05) is 30.3 Å². The van der Waals surface area contributed by atoms with Gasteiger partial charge in [0.05, 0.1) is 17.8 Å². The maximum atomic E-state index is 12.3. The predicted octanol–water partition coefficient (Wildman–Crippen LogP) is 3.79. The van der Waals surface area contributed by atoms with Crippen molar-refractivity contribution >= 4 is 40.9 Å². The van der Waals surface area contributed by atoms with E-state index in [2.05, 4.69) is 27.5 Å². The zero-order valence-electron chi connectivity index (χ0n) is 15.8. The number of nitrogens with one attached hydrogen (secondary N) is 2. The summed E-state index contributed by atoms with van der Waals surface area (Å²) in [6.45, 7) is 4.71. The van der Waals surface area contributed by atoms with Crippen molar-refractivity contribution in [1.29, 1.82) is 0 Å². The van der Waals surface area contributed by atoms with Gasteiger partial charge in [-0.3, -0.25) is 9.59 Å². The maximum Gasteiger partial charge on any atom is 0.271 e. The first-order chi connectivity index (χ1) is 13.5. The zero-order chi connectivity index (χ0) is 20.4. The highest BCUT2D eigenvalue weighted by Crippen LogP contribution is 2.19. The molecule has 0 spiro atoms. The number of carbonyl (C=O) groups excluding carboxylic acids is 2. The van der Waals surface area contributed by atoms with Gasteiger partial charge in [-0.2, -0.15) is 0 Å². The third-order valence-corrected chi connectivity index (χ3v) is 4.80. The Morgan fingerprint density at radius 3 is 2.64 bits per heavy atom. The van der Waals surface area contributed by atoms with Crippen LogP contribution in [-0.4, -0.2) is 40.7 Å². The van der Waals surface area contributed by atoms with Crippen LogP contribution in [0.15, 0.2) is 35.6 Å². The number of anilines is 1. The minimum absolute atomic E-state index is 0.113. The Morgan fingerprint density at radius 1 is 1.21 bits per heavy atom. The van der Waals surface area contributed by atoms with Gasteiger partial charge in [-0.15, -0.1) is 0 Å². The molecule has 2 rings (SSSR count). The Morgan fingerprint density at radius 2 is 1.96 bits per heavy atom. The lowest BCUT2D eigenvalue weighted by Crippen LogP contribution is -2.28. The Labute approximate surface area is 173 Å². The number of hydrogen-bond donors (Lipinski definition) is 2. The molecule has 1 aromatic heterocycles. The van der Waals surface area contributed by atoms with Crippen LogP contribution in [0.2, 0.25) is 5.02 Å². The summed E-state index contributed by atoms with van der Waals surface area (Å²) in [5.74, 6) is 0.956. The normalized spacial score (nSPS) is 10.4. The molecule has 0 saturated carbocycles. The first-order valence-corrected chi connectivity index (χ1v) is 10.4. The first kappa shape index (κ1) is 22.0. The van der Waals surface area contributed by atoms with Gasteiger partial charge in [-0.25, -0.2) is 9.97 Å². The van der Waals surface area contributed by atoms with Crippen LogP contribution in [-0.2, 0) is 4.79 Å². The fourth-order valence-corrected chi connectivity index (χ4v) is 3.02. The average molecular weight is 423 g/mol. The molecule has 150 valence electrons. The highest BCUT2D eigenvalue weighted by atomic mass is 35.5. The van der Waals surface area contributed by atoms with E-state index >= 15 is 0 Å². The summed E-state index contributed by atoms with van der Waals surface area (Å²) in [5.41, 5.74) is 0.776. The average Bonchev–Trinajstić information content (AvgIpc) is 2.69. The Balaban J connectivity index is 1.82. The standard InChI is InChI=1S/C19H23ClN4O3S/c1-3-11-28-19-22-12-15(20)17(24-19)18(26)21-10-9-16(25)23-13-5-7-14(8-6-13)27-4-2/h5-8,12H,3-4,9-11H2,1-2H3,(H,21,26)(H,23,25). The van der Waals surface area contributed by atoms with Crippen molar-refractivity contribution in [3.8, 4) is 5.75 Å². The van der Waals surface area contributed by atoms with Crippen molar-refractivity contribution in [1.82, 2.24) is 15.3 Å². The molecule has 0 atom stereocenters. The van der Waals surface area contributed by atoms with E-state index in [-0.39, 0.29) is 29.6 Å². The lowest BCUT2D eigenvalue weighted by molar-refractivity contribution is -0.116. The van der Waals surface area contributed by atoms with E-state index in [1.54, 1.807) is 24.3 Å². The fourth-order valence-electron chi connectivity index (χ4n) is 2.17. The van der Waals surface area contributed by atoms with Crippen LogP contribution in [0.25, 0.3) is 0 Å². The summed E-state index contributed by atoms with van der Waals surface area (Å²) >= 11 is 7.49. The summed E-state index contributed by atoms with van der Waals surface area (Å²) < 4.78 is 5.36. The fraction of sp³-hybridized carbons (Fsp3) is 0.368. The molecule has 0 fully saturated rings. The molecule has 1 heterocycles. The molecule has 2 aromatic rings. The summed E-state index contributed by atoms with van der Waals surface area (Å²) in [6, 6.07) is 7.09. The lowest BCUT2D eigenvalue weighted by Gasteiger charge is -2.09. The highest BCUT2D eigenvalue weighted by Gasteiger charge is 2.14. The van der Waals surface area contributed by atoms with Gasteiger partial charge in [-0.05, 0) is 37.6 Å². The maximum absolute atomic E-state index is 12.3. The van der Waals surface area contributed by atoms with Crippen LogP contribution in [0.1, 0.15) is 37.2 Å². The molecular weight excluding hydrogens is 400 g/mol. The second-order valence-electron chi connectivity index (χ2n) is 5.71. The van der Waals surface area contributed by atoms with E-state index in [4.69, 9.17) is 16.3 Å². The molecule has 0 aliphatic carbocycles. The monoisotopic (exact) mass is 422 g/mol. The van der Waals surface area contributed by atoms with Gasteiger partial charge in [0.1, 0.15) is 5.75 Å². The van der Waals surface area contributed by atoms with Crippen LogP contribution < -0.4 is 15.4 Å². The Hall–Kier alpha value is -2.32. The summed E-state index contributed by atoms with van der Waals surface area (Å²) in [6.07, 6.45) is 2.51. The van der Waals surface area contributed by atoms with E-state index < -0.39 is 5.91 Å². The number of carbonyl (C=O) groups is 2. The van der Waals surface area contributed by atoms with Gasteiger partial charge < -0.3 is 15.4 Å². The summed E-state index contributed by atoms with van der Waals surface area (Å²) in [4.78, 5) is 32.6. The molecule has 2 N–H and O–H groups in total. The van der Waals surface area contributed by atoms with E-state index in [1.807, 2.05) is 6.92 Å². The van der Waals surface area contributed by atoms with E-state index in [0.29, 0.717) is 17.5 Å². The third kappa shape index (κ3) is 7.01. The quantitative estimate of drug-likeness (QED) is 0.447. The topological polar surface area (TPSA) is 93.2 Å². The summed E-state index contributed by atoms with van der Waals surface area (Å²) in [7, 11) is 0. The molecule has 2 amide bonds. The third-order valence-electron chi connectivity index (χ3n) is 3.46. The van der Waals surface area contributed by atoms with E-state index in [9.17, 15) is 9.59 Å².